The van der Waals surface area contributed by atoms with Crippen molar-refractivity contribution in [3.63, 3.8) is 0 Å². The van der Waals surface area contributed by atoms with Crippen LogP contribution in [0.5, 0.6) is 11.5 Å². The van der Waals surface area contributed by atoms with Crippen molar-refractivity contribution in [1.82, 2.24) is 0 Å². The fraction of sp³-hybridized carbons (Fsp3) is 0.521. The number of nitrogens with zero attached hydrogens (tertiary/aromatic N) is 2. The van der Waals surface area contributed by atoms with Crippen molar-refractivity contribution < 1.29 is 55.6 Å². The molecule has 0 saturated heterocycles. The van der Waals surface area contributed by atoms with Crippen molar-refractivity contribution in [2.24, 2.45) is 34.5 Å². The number of carbonyl (C=O) groups excluding carboxylic acids is 2. The molecular formula is C73H87N2O11S2-. The van der Waals surface area contributed by atoms with Crippen LogP contribution in [0.2, 0.25) is 0 Å². The molecule has 6 aliphatic carbocycles. The predicted molar refractivity (Wildman–Crippen MR) is 342 cm³/mol. The number of fused-ring (bicyclic) bond motifs is 12. The Bertz CT molecular complexity index is 3710. The monoisotopic (exact) mass is 1230 g/mol. The highest BCUT2D eigenvalue weighted by atomic mass is 32.2. The fourth-order valence-electron chi connectivity index (χ4n) is 18.1. The molecule has 13 nitrogen and oxygen atoms in total. The number of aryl methyl sites for hydroxylation is 2. The lowest BCUT2D eigenvalue weighted by molar-refractivity contribution is -0.438. The third kappa shape index (κ3) is 11.7. The Kier molecular flexibility index (Phi) is 17.3. The number of carbonyl (C=O) groups is 2. The number of allylic oxidation sites excluding steroid dienone is 8. The van der Waals surface area contributed by atoms with Crippen molar-refractivity contribution in [1.29, 1.82) is 0 Å². The molecule has 8 aliphatic rings. The summed E-state index contributed by atoms with van der Waals surface area (Å²) in [4.78, 5) is 30.2. The van der Waals surface area contributed by atoms with Crippen LogP contribution in [0, 0.1) is 34.5 Å². The first kappa shape index (κ1) is 62.4. The van der Waals surface area contributed by atoms with Gasteiger partial charge in [-0.3, -0.25) is 4.21 Å². The number of hydrogen-bond donors (Lipinski definition) is 2. The van der Waals surface area contributed by atoms with Gasteiger partial charge in [-0.05, 0) is 245 Å². The minimum atomic E-state index is -4.37. The van der Waals surface area contributed by atoms with Crippen LogP contribution in [0.25, 0.3) is 0 Å². The smallest absolute Gasteiger partial charge is 0.343 e. The van der Waals surface area contributed by atoms with Gasteiger partial charge in [-0.1, -0.05) is 81.3 Å². The summed E-state index contributed by atoms with van der Waals surface area (Å²) in [5.41, 5.74) is 10.7. The normalized spacial score (nSPS) is 29.8. The Balaban J connectivity index is 0.729. The van der Waals surface area contributed by atoms with E-state index in [1.165, 1.54) is 22.3 Å². The predicted octanol–water partition coefficient (Wildman–Crippen LogP) is 13.3. The summed E-state index contributed by atoms with van der Waals surface area (Å²) >= 11 is -2.14. The Hall–Kier alpha value is -5.81. The molecule has 0 aromatic heterocycles. The molecule has 7 unspecified atom stereocenters. The van der Waals surface area contributed by atoms with E-state index in [4.69, 9.17) is 9.47 Å². The van der Waals surface area contributed by atoms with Crippen molar-refractivity contribution in [3.05, 3.63) is 166 Å². The van der Waals surface area contributed by atoms with Crippen molar-refractivity contribution in [2.45, 2.75) is 179 Å². The summed E-state index contributed by atoms with van der Waals surface area (Å²) in [7, 11) is -4.37. The number of unbranched alkanes of at least 4 members (excludes halogenated alkanes) is 2. The summed E-state index contributed by atoms with van der Waals surface area (Å²) < 4.78 is 72.2. The number of aliphatic hydroxyl groups is 2. The van der Waals surface area contributed by atoms with Crippen LogP contribution >= 0.6 is 0 Å². The zero-order valence-electron chi connectivity index (χ0n) is 52.0. The van der Waals surface area contributed by atoms with Crippen LogP contribution in [0.4, 0.5) is 11.4 Å². The second kappa shape index (κ2) is 24.4. The van der Waals surface area contributed by atoms with Gasteiger partial charge in [-0.25, -0.2) is 18.0 Å². The van der Waals surface area contributed by atoms with Gasteiger partial charge in [0.05, 0.1) is 38.9 Å². The Morgan fingerprint density at radius 3 is 1.80 bits per heavy atom. The molecule has 88 heavy (non-hydrogen) atoms. The largest absolute Gasteiger partial charge is 0.772 e. The van der Waals surface area contributed by atoms with Gasteiger partial charge in [0.1, 0.15) is 18.0 Å². The number of rotatable bonds is 18. The fourth-order valence-corrected chi connectivity index (χ4v) is 19.1. The number of esters is 2. The standard InChI is InChI=1S/C73H88N2O11S2/c1-70(2)60-44-48(68(78)85-50-22-26-52-46(42-50)18-24-56-54(52)34-36-72(5)58(56)28-32-66(72)76)20-30-62(60)74(38-12-14-40-87(80)81)64(70)16-10-8-7-9-11-17-65-71(3,4)61-45-49(21-31-63(61)75(65)39-13-15-41-88(82,83)84)69(79)86-51-23-27-53-47(43-51)19-25-57-55(53)35-37-73(6)59(57)29-33-67(73)77/h7-11,16-17,20-23,26-27,30-31,42-45,54-59,66-67,76-77H,12-15,18-19,24-25,28-29,32-41H2,1-6H3,(H-,80,81,82,83,84)/p-1/t54?,55?,56?,57?,58?,59?,66-,67-,72-,73-/m0/s1. The summed E-state index contributed by atoms with van der Waals surface area (Å²) in [5, 5.41) is 21.8. The average Bonchev–Trinajstić information content (AvgIpc) is 1.68. The highest BCUT2D eigenvalue weighted by Gasteiger charge is 2.56. The molecule has 4 saturated carbocycles. The van der Waals surface area contributed by atoms with Crippen molar-refractivity contribution in [3.8, 4) is 11.5 Å². The molecule has 4 fully saturated rings. The lowest BCUT2D eigenvalue weighted by Gasteiger charge is -2.50. The van der Waals surface area contributed by atoms with Gasteiger partial charge < -0.3 is 33.7 Å². The maximum atomic E-state index is 14.0. The van der Waals surface area contributed by atoms with Gasteiger partial charge in [0, 0.05) is 59.0 Å². The molecule has 0 spiro atoms. The van der Waals surface area contributed by atoms with Gasteiger partial charge >= 0.3 is 11.9 Å². The molecule has 15 heteroatoms. The number of aliphatic hydroxyl groups excluding tert-OH is 2. The van der Waals surface area contributed by atoms with E-state index in [0.717, 1.165) is 111 Å². The highest BCUT2D eigenvalue weighted by molar-refractivity contribution is 7.85. The average molecular weight is 1230 g/mol. The van der Waals surface area contributed by atoms with Crippen LogP contribution in [0.1, 0.15) is 197 Å². The van der Waals surface area contributed by atoms with Crippen molar-refractivity contribution in [2.75, 3.05) is 29.5 Å². The lowest BCUT2D eigenvalue weighted by atomic mass is 9.55. The van der Waals surface area contributed by atoms with E-state index in [-0.39, 0.29) is 35.2 Å². The third-order valence-electron chi connectivity index (χ3n) is 22.9. The summed E-state index contributed by atoms with van der Waals surface area (Å²) in [5.74, 6) is 2.95. The van der Waals surface area contributed by atoms with Crippen LogP contribution in [0.3, 0.4) is 0 Å². The minimum absolute atomic E-state index is 0.00758. The van der Waals surface area contributed by atoms with E-state index in [1.54, 1.807) is 6.07 Å². The molecule has 12 rings (SSSR count). The molecule has 4 aromatic rings. The Morgan fingerprint density at radius 2 is 1.22 bits per heavy atom. The van der Waals surface area contributed by atoms with E-state index in [1.807, 2.05) is 85.0 Å². The number of hydrogen-bond acceptors (Lipinski definition) is 12. The minimum Gasteiger partial charge on any atom is -0.772 e. The summed E-state index contributed by atoms with van der Waals surface area (Å²) in [6.45, 7) is 14.1. The molecule has 11 atom stereocenters. The van der Waals surface area contributed by atoms with E-state index >= 15 is 0 Å². The zero-order valence-corrected chi connectivity index (χ0v) is 53.6. The quantitative estimate of drug-likeness (QED) is 0.0182. The molecule has 2 heterocycles. The first-order valence-corrected chi connectivity index (χ1v) is 35.3. The second-order valence-corrected chi connectivity index (χ2v) is 30.9. The van der Waals surface area contributed by atoms with Crippen LogP contribution in [0.15, 0.2) is 121 Å². The van der Waals surface area contributed by atoms with E-state index in [0.29, 0.717) is 90.5 Å². The molecule has 468 valence electrons. The molecule has 0 radical (unpaired) electrons. The maximum absolute atomic E-state index is 14.0. The second-order valence-electron chi connectivity index (χ2n) is 28.4. The van der Waals surface area contributed by atoms with Crippen LogP contribution in [-0.4, -0.2) is 91.0 Å². The SMILES string of the molecule is CC1(C)C(/C=C/C=C/C=C/C=C2\N(CCCCS(=O)(=O)[O-])c3ccc(C(=O)Oc4ccc5c(c4)CCC4C5CC[C@@]5(C)C4CC[C@@H]5O)cc3C2(C)C)=[N+](CCCCS(=O)[O-])c2ccc(C(=O)Oc3ccc4c(c3)CCC3C4CC[C@@]4(C)C3CC[C@@H]4O)cc21. The first-order valence-electron chi connectivity index (χ1n) is 32.5. The van der Waals surface area contributed by atoms with Gasteiger partial charge in [-0.15, -0.1) is 0 Å². The first-order chi connectivity index (χ1) is 42.0. The summed E-state index contributed by atoms with van der Waals surface area (Å²) in [6, 6.07) is 23.6. The number of anilines is 1. The zero-order chi connectivity index (χ0) is 62.1. The Labute approximate surface area is 523 Å². The van der Waals surface area contributed by atoms with Gasteiger partial charge in [0.25, 0.3) is 0 Å². The van der Waals surface area contributed by atoms with Gasteiger partial charge in [0.15, 0.2) is 5.71 Å². The molecule has 2 N–H and O–H groups in total. The molecule has 0 bridgehead atoms. The molecule has 2 aliphatic heterocycles. The molecule has 0 amide bonds. The maximum Gasteiger partial charge on any atom is 0.343 e. The van der Waals surface area contributed by atoms with Gasteiger partial charge in [-0.2, -0.15) is 4.58 Å². The highest BCUT2D eigenvalue weighted by Crippen LogP contribution is 2.63. The van der Waals surface area contributed by atoms with E-state index < -0.39 is 49.7 Å². The van der Waals surface area contributed by atoms with Gasteiger partial charge in [0.2, 0.25) is 5.69 Å². The Morgan fingerprint density at radius 1 is 0.659 bits per heavy atom. The summed E-state index contributed by atoms with van der Waals surface area (Å²) in [6.07, 6.45) is 27.5. The van der Waals surface area contributed by atoms with Crippen molar-refractivity contribution >= 4 is 50.2 Å². The van der Waals surface area contributed by atoms with Crippen LogP contribution in [-0.2, 0) is 44.9 Å². The van der Waals surface area contributed by atoms with E-state index in [9.17, 15) is 41.5 Å². The van der Waals surface area contributed by atoms with E-state index in [2.05, 4.69) is 75.3 Å². The molecular weight excluding hydrogens is 1140 g/mol. The number of ether oxygens (including phenoxy) is 2. The topological polar surface area (TPSA) is 197 Å². The third-order valence-corrected chi connectivity index (χ3v) is 24.3. The van der Waals surface area contributed by atoms with Crippen LogP contribution < -0.4 is 14.4 Å². The molecule has 4 aromatic carbocycles. The lowest BCUT2D eigenvalue weighted by Crippen LogP contribution is -2.43. The number of benzene rings is 4.